The first-order valence-corrected chi connectivity index (χ1v) is 14.6. The van der Waals surface area contributed by atoms with Gasteiger partial charge >= 0.3 is 5.97 Å². The van der Waals surface area contributed by atoms with E-state index in [1.54, 1.807) is 31.2 Å². The van der Waals surface area contributed by atoms with Crippen LogP contribution in [0, 0.1) is 18.3 Å². The van der Waals surface area contributed by atoms with Gasteiger partial charge < -0.3 is 10.1 Å². The van der Waals surface area contributed by atoms with Gasteiger partial charge in [0.05, 0.1) is 42.2 Å². The fraction of sp³-hybridized carbons (Fsp3) is 0.300. The van der Waals surface area contributed by atoms with E-state index in [4.69, 9.17) is 14.8 Å². The van der Waals surface area contributed by atoms with Crippen LogP contribution in [0.15, 0.2) is 83.8 Å². The molecule has 214 valence electrons. The number of nitrogens with one attached hydrogen (secondary N) is 2. The number of benzene rings is 3. The van der Waals surface area contributed by atoms with Crippen LogP contribution in [0.25, 0.3) is 0 Å². The van der Waals surface area contributed by atoms with Crippen molar-refractivity contribution >= 4 is 21.9 Å². The van der Waals surface area contributed by atoms with Crippen LogP contribution >= 0.6 is 0 Å². The van der Waals surface area contributed by atoms with Crippen LogP contribution in [0.2, 0.25) is 0 Å². The Balaban J connectivity index is 1.41. The van der Waals surface area contributed by atoms with Crippen LogP contribution in [-0.4, -0.2) is 51.2 Å². The Labute approximate surface area is 239 Å². The van der Waals surface area contributed by atoms with Crippen molar-refractivity contribution in [3.8, 4) is 6.07 Å². The number of nitrogens with zero attached hydrogens (tertiary/aromatic N) is 2. The minimum atomic E-state index is -4.04. The molecule has 11 heteroatoms. The third-order valence-corrected chi connectivity index (χ3v) is 8.19. The molecule has 3 aromatic carbocycles. The van der Waals surface area contributed by atoms with E-state index < -0.39 is 34.0 Å². The van der Waals surface area contributed by atoms with E-state index in [0.717, 1.165) is 23.8 Å². The zero-order valence-electron chi connectivity index (χ0n) is 22.8. The number of hydrogen-bond donors (Lipinski definition) is 2. The molecular formula is C30H32N4O6S. The average molecular weight is 577 g/mol. The number of aryl methyl sites for hydroxylation is 1. The van der Waals surface area contributed by atoms with Crippen molar-refractivity contribution < 1.29 is 27.6 Å². The van der Waals surface area contributed by atoms with Crippen LogP contribution in [0.5, 0.6) is 0 Å². The van der Waals surface area contributed by atoms with E-state index in [0.29, 0.717) is 18.5 Å². The Morgan fingerprint density at radius 1 is 1.10 bits per heavy atom. The Morgan fingerprint density at radius 3 is 2.49 bits per heavy atom. The fourth-order valence-corrected chi connectivity index (χ4v) is 5.93. The second-order valence-electron chi connectivity index (χ2n) is 9.80. The maximum atomic E-state index is 12.9. The normalized spacial score (nSPS) is 17.9. The first-order chi connectivity index (χ1) is 19.7. The lowest BCUT2D eigenvalue weighted by atomic mass is 9.99. The summed E-state index contributed by atoms with van der Waals surface area (Å²) in [6, 6.07) is 24.0. The molecule has 3 atom stereocenters. The SMILES string of the molecule is COC(=O)[C@H](CNC(=O)C[C@H]1C[C@@H](c2ccc(C#N)cc2)N(Cc2ccccc2)O1)NS(=O)(=O)c1cccc(C)c1. The Hall–Kier alpha value is -4.08. The maximum absolute atomic E-state index is 12.9. The second kappa shape index (κ2) is 13.5. The van der Waals surface area contributed by atoms with E-state index >= 15 is 0 Å². The number of hydrogen-bond acceptors (Lipinski definition) is 8. The molecular weight excluding hydrogens is 544 g/mol. The number of carbonyl (C=O) groups is 2. The molecule has 1 aliphatic rings. The van der Waals surface area contributed by atoms with Crippen molar-refractivity contribution in [1.82, 2.24) is 15.1 Å². The van der Waals surface area contributed by atoms with Gasteiger partial charge in [0, 0.05) is 13.1 Å². The number of methoxy groups -OCH3 is 1. The number of ether oxygens (including phenoxy) is 1. The summed E-state index contributed by atoms with van der Waals surface area (Å²) in [4.78, 5) is 31.5. The monoisotopic (exact) mass is 576 g/mol. The summed E-state index contributed by atoms with van der Waals surface area (Å²) in [5, 5.41) is 13.6. The summed E-state index contributed by atoms with van der Waals surface area (Å²) in [5.41, 5.74) is 3.29. The lowest BCUT2D eigenvalue weighted by molar-refractivity contribution is -0.174. The van der Waals surface area contributed by atoms with E-state index in [1.165, 1.54) is 12.1 Å². The molecule has 0 spiro atoms. The number of sulfonamides is 1. The van der Waals surface area contributed by atoms with Crippen molar-refractivity contribution in [3.05, 3.63) is 101 Å². The van der Waals surface area contributed by atoms with Gasteiger partial charge in [-0.2, -0.15) is 15.0 Å². The molecule has 1 aliphatic heterocycles. The molecule has 41 heavy (non-hydrogen) atoms. The zero-order valence-corrected chi connectivity index (χ0v) is 23.6. The maximum Gasteiger partial charge on any atom is 0.325 e. The van der Waals surface area contributed by atoms with E-state index in [9.17, 15) is 18.0 Å². The molecule has 0 aromatic heterocycles. The summed E-state index contributed by atoms with van der Waals surface area (Å²) < 4.78 is 32.8. The van der Waals surface area contributed by atoms with Gasteiger partial charge in [0.1, 0.15) is 6.04 Å². The summed E-state index contributed by atoms with van der Waals surface area (Å²) in [5.74, 6) is -1.23. The molecule has 0 saturated carbocycles. The molecule has 1 amide bonds. The smallest absolute Gasteiger partial charge is 0.325 e. The van der Waals surface area contributed by atoms with E-state index in [1.807, 2.05) is 47.5 Å². The molecule has 10 nitrogen and oxygen atoms in total. The van der Waals surface area contributed by atoms with Crippen molar-refractivity contribution in [2.75, 3.05) is 13.7 Å². The van der Waals surface area contributed by atoms with E-state index in [-0.39, 0.29) is 23.9 Å². The predicted octanol–water partition coefficient (Wildman–Crippen LogP) is 3.14. The number of amides is 1. The minimum absolute atomic E-state index is 0.00338. The van der Waals surface area contributed by atoms with Gasteiger partial charge in [0.2, 0.25) is 15.9 Å². The van der Waals surface area contributed by atoms with Crippen molar-refractivity contribution in [3.63, 3.8) is 0 Å². The standard InChI is InChI=1S/C30H32N4O6S/c1-21-7-6-10-26(15-21)41(37,38)33-27(30(36)39-2)19-32-29(35)17-25-16-28(24-13-11-22(18-31)12-14-24)34(40-25)20-23-8-4-3-5-9-23/h3-15,25,27-28,33H,16-17,19-20H2,1-2H3,(H,32,35)/t25-,27+,28+/m1/s1. The number of carbonyl (C=O) groups excluding carboxylic acids is 2. The molecule has 0 unspecified atom stereocenters. The summed E-state index contributed by atoms with van der Waals surface area (Å²) in [6.45, 7) is 1.96. The fourth-order valence-electron chi connectivity index (χ4n) is 4.64. The number of nitriles is 1. The first-order valence-electron chi connectivity index (χ1n) is 13.1. The number of rotatable bonds is 11. The molecule has 0 radical (unpaired) electrons. The summed E-state index contributed by atoms with van der Waals surface area (Å²) in [7, 11) is -2.89. The lowest BCUT2D eigenvalue weighted by Crippen LogP contribution is -2.49. The summed E-state index contributed by atoms with van der Waals surface area (Å²) in [6.07, 6.45) is 0.0586. The highest BCUT2D eigenvalue weighted by molar-refractivity contribution is 7.89. The minimum Gasteiger partial charge on any atom is -0.468 e. The highest BCUT2D eigenvalue weighted by Gasteiger charge is 2.36. The molecule has 1 fully saturated rings. The average Bonchev–Trinajstić information content (AvgIpc) is 3.36. The van der Waals surface area contributed by atoms with Gasteiger partial charge in [-0.3, -0.25) is 14.4 Å². The molecule has 1 saturated heterocycles. The van der Waals surface area contributed by atoms with E-state index in [2.05, 4.69) is 16.1 Å². The zero-order chi connectivity index (χ0) is 29.4. The van der Waals surface area contributed by atoms with Gasteiger partial charge in [-0.25, -0.2) is 8.42 Å². The molecule has 1 heterocycles. The number of hydroxylamine groups is 2. The molecule has 4 rings (SSSR count). The Morgan fingerprint density at radius 2 is 1.83 bits per heavy atom. The van der Waals surface area contributed by atoms with Crippen LogP contribution in [0.3, 0.4) is 0 Å². The Kier molecular flexibility index (Phi) is 9.86. The van der Waals surface area contributed by atoms with Crippen LogP contribution in [0.1, 0.15) is 41.1 Å². The third-order valence-electron chi connectivity index (χ3n) is 6.72. The van der Waals surface area contributed by atoms with Crippen LogP contribution in [0.4, 0.5) is 0 Å². The van der Waals surface area contributed by atoms with Gasteiger partial charge in [0.25, 0.3) is 0 Å². The summed E-state index contributed by atoms with van der Waals surface area (Å²) >= 11 is 0. The third kappa shape index (κ3) is 7.99. The van der Waals surface area contributed by atoms with Gasteiger partial charge in [-0.1, -0.05) is 54.6 Å². The van der Waals surface area contributed by atoms with Gasteiger partial charge in [-0.05, 0) is 54.3 Å². The highest BCUT2D eigenvalue weighted by atomic mass is 32.2. The highest BCUT2D eigenvalue weighted by Crippen LogP contribution is 2.36. The quantitative estimate of drug-likeness (QED) is 0.332. The van der Waals surface area contributed by atoms with Gasteiger partial charge in [0.15, 0.2) is 0 Å². The van der Waals surface area contributed by atoms with Crippen molar-refractivity contribution in [1.29, 1.82) is 5.26 Å². The van der Waals surface area contributed by atoms with Gasteiger partial charge in [-0.15, -0.1) is 0 Å². The Bertz CT molecular complexity index is 1510. The van der Waals surface area contributed by atoms with Crippen LogP contribution < -0.4 is 10.0 Å². The predicted molar refractivity (Wildman–Crippen MR) is 150 cm³/mol. The second-order valence-corrected chi connectivity index (χ2v) is 11.5. The lowest BCUT2D eigenvalue weighted by Gasteiger charge is -2.23. The van der Waals surface area contributed by atoms with Crippen molar-refractivity contribution in [2.45, 2.75) is 49.4 Å². The molecule has 3 aromatic rings. The molecule has 0 aliphatic carbocycles. The number of esters is 1. The topological polar surface area (TPSA) is 138 Å². The van der Waals surface area contributed by atoms with Crippen molar-refractivity contribution in [2.24, 2.45) is 0 Å². The van der Waals surface area contributed by atoms with Crippen LogP contribution in [-0.2, 0) is 35.7 Å². The largest absolute Gasteiger partial charge is 0.468 e. The molecule has 2 N–H and O–H groups in total. The molecule has 0 bridgehead atoms. The first kappa shape index (κ1) is 29.9.